The summed E-state index contributed by atoms with van der Waals surface area (Å²) in [5, 5.41) is 21.1. The van der Waals surface area contributed by atoms with Crippen LogP contribution in [0.25, 0.3) is 22.6 Å². The third kappa shape index (κ3) is 5.08. The van der Waals surface area contributed by atoms with Crippen LogP contribution in [0.5, 0.6) is 0 Å². The number of rotatable bonds is 5. The number of benzene rings is 2. The van der Waals surface area contributed by atoms with Crippen LogP contribution in [0.2, 0.25) is 0 Å². The molecule has 34 heavy (non-hydrogen) atoms. The van der Waals surface area contributed by atoms with Crippen molar-refractivity contribution < 1.29 is 32.7 Å². The Balaban J connectivity index is 0.00000103. The highest BCUT2D eigenvalue weighted by Crippen LogP contribution is 2.34. The Morgan fingerprint density at radius 3 is 2.35 bits per heavy atom. The van der Waals surface area contributed by atoms with Crippen LogP contribution in [-0.4, -0.2) is 42.0 Å². The quantitative estimate of drug-likeness (QED) is 0.470. The predicted molar refractivity (Wildman–Crippen MR) is 110 cm³/mol. The lowest BCUT2D eigenvalue weighted by atomic mass is 10.1. The Morgan fingerprint density at radius 1 is 1.09 bits per heavy atom. The zero-order chi connectivity index (χ0) is 24.9. The minimum absolute atomic E-state index is 0.116. The van der Waals surface area contributed by atoms with Gasteiger partial charge in [0.1, 0.15) is 5.69 Å². The summed E-state index contributed by atoms with van der Waals surface area (Å²) < 4.78 is 42.8. The summed E-state index contributed by atoms with van der Waals surface area (Å²) in [6.45, 7) is 1.65. The molecule has 174 valence electrons. The van der Waals surface area contributed by atoms with E-state index in [0.29, 0.717) is 16.9 Å². The molecule has 0 aliphatic carbocycles. The summed E-state index contributed by atoms with van der Waals surface area (Å²) in [7, 11) is 0. The van der Waals surface area contributed by atoms with Crippen molar-refractivity contribution in [3.05, 3.63) is 77.7 Å². The van der Waals surface area contributed by atoms with Gasteiger partial charge < -0.3 is 5.11 Å². The summed E-state index contributed by atoms with van der Waals surface area (Å²) in [5.41, 5.74) is 1.38. The van der Waals surface area contributed by atoms with E-state index in [1.165, 1.54) is 35.1 Å². The van der Waals surface area contributed by atoms with E-state index in [-0.39, 0.29) is 29.4 Å². The van der Waals surface area contributed by atoms with Gasteiger partial charge in [-0.05, 0) is 36.8 Å². The summed E-state index contributed by atoms with van der Waals surface area (Å²) in [6, 6.07) is 12.5. The highest BCUT2D eigenvalue weighted by atomic mass is 19.4. The molecular formula is C22H16F3N5O4. The molecule has 0 fully saturated rings. The second-order valence-corrected chi connectivity index (χ2v) is 6.82. The Labute approximate surface area is 190 Å². The minimum Gasteiger partial charge on any atom is -0.478 e. The van der Waals surface area contributed by atoms with E-state index in [1.807, 2.05) is 0 Å². The van der Waals surface area contributed by atoms with Crippen molar-refractivity contribution in [3.63, 3.8) is 0 Å². The molecule has 0 spiro atoms. The van der Waals surface area contributed by atoms with Gasteiger partial charge in [0, 0.05) is 11.1 Å². The van der Waals surface area contributed by atoms with Gasteiger partial charge in [0.25, 0.3) is 0 Å². The van der Waals surface area contributed by atoms with Gasteiger partial charge in [-0.25, -0.2) is 14.2 Å². The first-order valence-corrected chi connectivity index (χ1v) is 9.69. The van der Waals surface area contributed by atoms with Gasteiger partial charge >= 0.3 is 18.3 Å². The van der Waals surface area contributed by atoms with E-state index in [0.717, 1.165) is 4.68 Å². The van der Waals surface area contributed by atoms with Crippen LogP contribution in [-0.2, 0) is 22.2 Å². The molecule has 12 heteroatoms. The van der Waals surface area contributed by atoms with E-state index in [4.69, 9.17) is 14.7 Å². The normalized spacial score (nSPS) is 10.8. The fraction of sp³-hybridized carbons (Fsp3) is 0.136. The molecule has 4 rings (SSSR count). The van der Waals surface area contributed by atoms with Crippen molar-refractivity contribution in [1.82, 2.24) is 24.8 Å². The Bertz CT molecular complexity index is 1340. The van der Waals surface area contributed by atoms with Crippen LogP contribution < -0.4 is 0 Å². The Kier molecular flexibility index (Phi) is 7.03. The van der Waals surface area contributed by atoms with Gasteiger partial charge in [-0.15, -0.1) is 5.10 Å². The van der Waals surface area contributed by atoms with Gasteiger partial charge in [-0.2, -0.15) is 27.9 Å². The first-order chi connectivity index (χ1) is 16.2. The molecule has 0 saturated heterocycles. The first-order valence-electron chi connectivity index (χ1n) is 9.69. The summed E-state index contributed by atoms with van der Waals surface area (Å²) in [4.78, 5) is 27.4. The summed E-state index contributed by atoms with van der Waals surface area (Å²) in [6.07, 6.45) is -1.21. The van der Waals surface area contributed by atoms with Gasteiger partial charge in [-0.1, -0.05) is 30.3 Å². The van der Waals surface area contributed by atoms with Crippen molar-refractivity contribution in [2.24, 2.45) is 0 Å². The number of aryl methyl sites for hydroxylation is 1. The fourth-order valence-electron chi connectivity index (χ4n) is 3.22. The molecule has 0 saturated carbocycles. The minimum atomic E-state index is -4.52. The molecule has 0 aliphatic rings. The molecule has 0 aliphatic heterocycles. The molecule has 0 radical (unpaired) electrons. The standard InChI is InChI=1S/C21H16F3N5O2.CO2/c1-2-13-11-25-29(19(13)21(22,23)24)16-8-6-14(7-9-16)18-12-28(27-26-18)17-5-3-4-15(10-17)20(30)31;2-1-3/h3-12H,2H2,1H3,(H,30,31);. The van der Waals surface area contributed by atoms with E-state index in [9.17, 15) is 18.0 Å². The zero-order valence-corrected chi connectivity index (χ0v) is 17.5. The highest BCUT2D eigenvalue weighted by Gasteiger charge is 2.38. The van der Waals surface area contributed by atoms with E-state index in [1.54, 1.807) is 37.4 Å². The lowest BCUT2D eigenvalue weighted by Gasteiger charge is -2.12. The molecule has 4 aromatic rings. The summed E-state index contributed by atoms with van der Waals surface area (Å²) >= 11 is 0. The Morgan fingerprint density at radius 2 is 1.76 bits per heavy atom. The van der Waals surface area contributed by atoms with Crippen LogP contribution in [0.15, 0.2) is 60.9 Å². The number of carbonyl (C=O) groups is 1. The summed E-state index contributed by atoms with van der Waals surface area (Å²) in [5.74, 6) is -1.05. The molecule has 0 unspecified atom stereocenters. The fourth-order valence-corrected chi connectivity index (χ4v) is 3.22. The molecule has 2 heterocycles. The Hall–Kier alpha value is -4.57. The van der Waals surface area contributed by atoms with Crippen molar-refractivity contribution >= 4 is 12.1 Å². The van der Waals surface area contributed by atoms with Crippen molar-refractivity contribution in [2.75, 3.05) is 0 Å². The van der Waals surface area contributed by atoms with E-state index in [2.05, 4.69) is 15.4 Å². The third-order valence-corrected chi connectivity index (χ3v) is 4.75. The maximum atomic E-state index is 13.5. The van der Waals surface area contributed by atoms with Crippen molar-refractivity contribution in [2.45, 2.75) is 19.5 Å². The van der Waals surface area contributed by atoms with Crippen LogP contribution in [0.4, 0.5) is 13.2 Å². The second kappa shape index (κ2) is 9.92. The van der Waals surface area contributed by atoms with Crippen molar-refractivity contribution in [1.29, 1.82) is 0 Å². The molecule has 0 atom stereocenters. The average molecular weight is 471 g/mol. The monoisotopic (exact) mass is 471 g/mol. The van der Waals surface area contributed by atoms with Crippen molar-refractivity contribution in [3.8, 4) is 22.6 Å². The number of carboxylic acid groups (broad SMARTS) is 1. The first kappa shape index (κ1) is 24.1. The smallest absolute Gasteiger partial charge is 0.433 e. The van der Waals surface area contributed by atoms with E-state index >= 15 is 0 Å². The molecule has 0 amide bonds. The van der Waals surface area contributed by atoms with Crippen LogP contribution in [0.3, 0.4) is 0 Å². The number of aromatic nitrogens is 5. The third-order valence-electron chi connectivity index (χ3n) is 4.75. The topological polar surface area (TPSA) is 120 Å². The number of carbonyl (C=O) groups excluding carboxylic acids is 2. The average Bonchev–Trinajstić information content (AvgIpc) is 3.47. The second-order valence-electron chi connectivity index (χ2n) is 6.82. The zero-order valence-electron chi connectivity index (χ0n) is 17.5. The van der Waals surface area contributed by atoms with Crippen LogP contribution >= 0.6 is 0 Å². The van der Waals surface area contributed by atoms with Crippen LogP contribution in [0.1, 0.15) is 28.5 Å². The maximum Gasteiger partial charge on any atom is 0.433 e. The lowest BCUT2D eigenvalue weighted by molar-refractivity contribution is -0.191. The number of carboxylic acids is 1. The lowest BCUT2D eigenvalue weighted by Crippen LogP contribution is -2.15. The molecular weight excluding hydrogens is 455 g/mol. The predicted octanol–water partition coefficient (Wildman–Crippen LogP) is 3.82. The van der Waals surface area contributed by atoms with E-state index < -0.39 is 17.8 Å². The number of aromatic carboxylic acids is 1. The van der Waals surface area contributed by atoms with Gasteiger partial charge in [0.15, 0.2) is 5.69 Å². The molecule has 2 aromatic heterocycles. The van der Waals surface area contributed by atoms with Gasteiger partial charge in [-0.3, -0.25) is 0 Å². The largest absolute Gasteiger partial charge is 0.478 e. The van der Waals surface area contributed by atoms with Gasteiger partial charge in [0.05, 0.1) is 29.3 Å². The number of halogens is 3. The number of alkyl halides is 3. The number of nitrogens with zero attached hydrogens (tertiary/aromatic N) is 5. The molecule has 1 N–H and O–H groups in total. The SMILES string of the molecule is CCc1cnn(-c2ccc(-c3cn(-c4cccc(C(=O)O)c4)nn3)cc2)c1C(F)(F)F.O=C=O. The molecule has 0 bridgehead atoms. The number of hydrogen-bond acceptors (Lipinski definition) is 6. The molecule has 2 aromatic carbocycles. The van der Waals surface area contributed by atoms with Crippen LogP contribution in [0, 0.1) is 0 Å². The maximum absolute atomic E-state index is 13.5. The van der Waals surface area contributed by atoms with Gasteiger partial charge in [0.2, 0.25) is 0 Å². The highest BCUT2D eigenvalue weighted by molar-refractivity contribution is 5.88. The number of hydrogen-bond donors (Lipinski definition) is 1. The molecule has 9 nitrogen and oxygen atoms in total.